The molecular weight excluding hydrogens is 122 g/mol. The smallest absolute Gasteiger partial charge is 0.0221 e. The van der Waals surface area contributed by atoms with Crippen LogP contribution in [0.4, 0.5) is 0 Å². The predicted octanol–water partition coefficient (Wildman–Crippen LogP) is 2.48. The third-order valence-corrected chi connectivity index (χ3v) is 2.06. The minimum Gasteiger partial charge on any atom is -0.312 e. The third kappa shape index (κ3) is 3.89. The van der Waals surface area contributed by atoms with Crippen LogP contribution < -0.4 is 5.32 Å². The van der Waals surface area contributed by atoms with E-state index in [9.17, 15) is 0 Å². The zero-order valence-corrected chi connectivity index (χ0v) is 6.73. The van der Waals surface area contributed by atoms with Crippen LogP contribution in [-0.2, 0) is 0 Å². The molecule has 1 heterocycles. The number of rotatable bonds is 0. The van der Waals surface area contributed by atoms with E-state index < -0.39 is 0 Å². The highest BCUT2D eigenvalue weighted by Gasteiger charge is 1.95. The van der Waals surface area contributed by atoms with E-state index in [0.29, 0.717) is 0 Å². The fraction of sp³-hybridized carbons (Fsp3) is 0.889. The zero-order chi connectivity index (χ0) is 7.07. The molecule has 0 aliphatic carbocycles. The zero-order valence-electron chi connectivity index (χ0n) is 6.73. The van der Waals surface area contributed by atoms with Crippen molar-refractivity contribution in [1.29, 1.82) is 0 Å². The normalized spacial score (nSPS) is 24.0. The first-order chi connectivity index (χ1) is 5.00. The molecule has 10 heavy (non-hydrogen) atoms. The molecule has 1 aliphatic heterocycles. The Morgan fingerprint density at radius 2 is 1.50 bits per heavy atom. The molecule has 1 aliphatic rings. The van der Waals surface area contributed by atoms with E-state index >= 15 is 0 Å². The molecule has 0 aromatic rings. The van der Waals surface area contributed by atoms with E-state index in [0.717, 1.165) is 0 Å². The first-order valence-electron chi connectivity index (χ1n) is 4.55. The Morgan fingerprint density at radius 3 is 2.40 bits per heavy atom. The first kappa shape index (κ1) is 8.06. The molecule has 1 N–H and O–H groups in total. The van der Waals surface area contributed by atoms with Crippen molar-refractivity contribution in [1.82, 2.24) is 5.32 Å². The summed E-state index contributed by atoms with van der Waals surface area (Å²) >= 11 is 0. The Balaban J connectivity index is 2.00. The fourth-order valence-corrected chi connectivity index (χ4v) is 1.38. The lowest BCUT2D eigenvalue weighted by atomic mass is 10.1. The van der Waals surface area contributed by atoms with Gasteiger partial charge in [-0.25, -0.2) is 0 Å². The summed E-state index contributed by atoms with van der Waals surface area (Å²) in [5.41, 5.74) is 0. The van der Waals surface area contributed by atoms with Gasteiger partial charge in [0.1, 0.15) is 0 Å². The number of nitrogens with one attached hydrogen (secondary N) is 1. The van der Waals surface area contributed by atoms with Crippen LogP contribution in [0.1, 0.15) is 44.9 Å². The number of hydrogen-bond acceptors (Lipinski definition) is 1. The van der Waals surface area contributed by atoms with Crippen LogP contribution in [0.25, 0.3) is 0 Å². The van der Waals surface area contributed by atoms with Gasteiger partial charge >= 0.3 is 0 Å². The summed E-state index contributed by atoms with van der Waals surface area (Å²) in [5, 5.41) is 3.33. The van der Waals surface area contributed by atoms with Crippen LogP contribution in [0.2, 0.25) is 0 Å². The molecule has 1 saturated heterocycles. The second-order valence-electron chi connectivity index (χ2n) is 3.07. The van der Waals surface area contributed by atoms with E-state index in [-0.39, 0.29) is 0 Å². The minimum atomic E-state index is 1.19. The van der Waals surface area contributed by atoms with Gasteiger partial charge in [-0.05, 0) is 19.4 Å². The van der Waals surface area contributed by atoms with Crippen molar-refractivity contribution in [3.05, 3.63) is 6.54 Å². The van der Waals surface area contributed by atoms with Gasteiger partial charge in [0.15, 0.2) is 0 Å². The number of hydrogen-bond donors (Lipinski definition) is 1. The molecule has 1 heteroatoms. The largest absolute Gasteiger partial charge is 0.312 e. The highest BCUT2D eigenvalue weighted by molar-refractivity contribution is 4.63. The molecule has 1 nitrogen and oxygen atoms in total. The molecule has 0 aromatic carbocycles. The standard InChI is InChI=1S/C9H18N/c1-2-4-6-8-10-9-7-5-3-1/h8,10H,1-7,9H2. The van der Waals surface area contributed by atoms with Crippen LogP contribution in [0.3, 0.4) is 0 Å². The fourth-order valence-electron chi connectivity index (χ4n) is 1.38. The maximum Gasteiger partial charge on any atom is 0.0221 e. The van der Waals surface area contributed by atoms with E-state index in [1.807, 2.05) is 0 Å². The molecular formula is C9H18N. The van der Waals surface area contributed by atoms with Gasteiger partial charge in [-0.2, -0.15) is 0 Å². The van der Waals surface area contributed by atoms with Crippen molar-refractivity contribution in [2.24, 2.45) is 0 Å². The van der Waals surface area contributed by atoms with Crippen molar-refractivity contribution < 1.29 is 0 Å². The highest BCUT2D eigenvalue weighted by Crippen LogP contribution is 2.08. The molecule has 1 rings (SSSR count). The van der Waals surface area contributed by atoms with E-state index in [4.69, 9.17) is 0 Å². The van der Waals surface area contributed by atoms with Crippen LogP contribution in [-0.4, -0.2) is 6.54 Å². The molecule has 0 saturated carbocycles. The summed E-state index contributed by atoms with van der Waals surface area (Å²) in [4.78, 5) is 0. The van der Waals surface area contributed by atoms with Gasteiger partial charge in [-0.15, -0.1) is 0 Å². The molecule has 1 radical (unpaired) electrons. The predicted molar refractivity (Wildman–Crippen MR) is 44.6 cm³/mol. The highest BCUT2D eigenvalue weighted by atomic mass is 14.8. The second-order valence-corrected chi connectivity index (χ2v) is 3.07. The van der Waals surface area contributed by atoms with Gasteiger partial charge < -0.3 is 5.32 Å². The van der Waals surface area contributed by atoms with Gasteiger partial charge in [0, 0.05) is 6.54 Å². The van der Waals surface area contributed by atoms with Gasteiger partial charge in [-0.3, -0.25) is 0 Å². The lowest BCUT2D eigenvalue weighted by Crippen LogP contribution is -2.12. The maximum absolute atomic E-state index is 3.33. The van der Waals surface area contributed by atoms with Gasteiger partial charge in [0.05, 0.1) is 0 Å². The van der Waals surface area contributed by atoms with Crippen LogP contribution >= 0.6 is 0 Å². The van der Waals surface area contributed by atoms with Crippen molar-refractivity contribution in [3.63, 3.8) is 0 Å². The summed E-state index contributed by atoms with van der Waals surface area (Å²) in [6.45, 7) is 3.42. The molecule has 0 bridgehead atoms. The van der Waals surface area contributed by atoms with E-state index in [1.54, 1.807) is 0 Å². The van der Waals surface area contributed by atoms with E-state index in [1.165, 1.54) is 51.5 Å². The molecule has 0 aromatic heterocycles. The average Bonchev–Trinajstić information content (AvgIpc) is 2.01. The average molecular weight is 140 g/mol. The summed E-state index contributed by atoms with van der Waals surface area (Å²) in [7, 11) is 0. The summed E-state index contributed by atoms with van der Waals surface area (Å²) in [5.74, 6) is 0. The van der Waals surface area contributed by atoms with Crippen molar-refractivity contribution >= 4 is 0 Å². The van der Waals surface area contributed by atoms with Crippen LogP contribution in [0.5, 0.6) is 0 Å². The quantitative estimate of drug-likeness (QED) is 0.545. The first-order valence-corrected chi connectivity index (χ1v) is 4.55. The monoisotopic (exact) mass is 140 g/mol. The van der Waals surface area contributed by atoms with Crippen molar-refractivity contribution in [3.8, 4) is 0 Å². The van der Waals surface area contributed by atoms with Crippen molar-refractivity contribution in [2.45, 2.75) is 44.9 Å². The Kier molecular flexibility index (Phi) is 4.61. The SMILES string of the molecule is [CH]1CCCCCCCCN1. The Hall–Kier alpha value is -0.0400. The van der Waals surface area contributed by atoms with E-state index in [2.05, 4.69) is 11.9 Å². The molecule has 0 spiro atoms. The molecule has 0 atom stereocenters. The Labute approximate surface area is 64.2 Å². The lowest BCUT2D eigenvalue weighted by molar-refractivity contribution is 0.545. The maximum atomic E-state index is 3.33. The molecule has 1 fully saturated rings. The van der Waals surface area contributed by atoms with Gasteiger partial charge in [0.2, 0.25) is 0 Å². The topological polar surface area (TPSA) is 12.0 Å². The Bertz CT molecular complexity index is 37.9. The summed E-state index contributed by atoms with van der Waals surface area (Å²) < 4.78 is 0. The summed E-state index contributed by atoms with van der Waals surface area (Å²) in [6.07, 6.45) is 9.75. The van der Waals surface area contributed by atoms with Gasteiger partial charge in [0.25, 0.3) is 0 Å². The summed E-state index contributed by atoms with van der Waals surface area (Å²) in [6, 6.07) is 0. The lowest BCUT2D eigenvalue weighted by Gasteiger charge is -2.07. The minimum absolute atomic E-state index is 1.19. The second kappa shape index (κ2) is 5.72. The van der Waals surface area contributed by atoms with Gasteiger partial charge in [-0.1, -0.05) is 32.1 Å². The third-order valence-electron chi connectivity index (χ3n) is 2.06. The molecule has 0 amide bonds. The van der Waals surface area contributed by atoms with Crippen LogP contribution in [0.15, 0.2) is 0 Å². The Morgan fingerprint density at radius 1 is 0.800 bits per heavy atom. The van der Waals surface area contributed by atoms with Crippen LogP contribution in [0, 0.1) is 6.54 Å². The van der Waals surface area contributed by atoms with Crippen molar-refractivity contribution in [2.75, 3.05) is 6.54 Å². The molecule has 59 valence electrons. The molecule has 0 unspecified atom stereocenters.